The van der Waals surface area contributed by atoms with Gasteiger partial charge in [-0.1, -0.05) is 38.5 Å². The number of hydrogen-bond acceptors (Lipinski definition) is 5. The Morgan fingerprint density at radius 2 is 1.50 bits per heavy atom. The molecule has 0 unspecified atom stereocenters. The van der Waals surface area contributed by atoms with Crippen molar-refractivity contribution in [1.29, 1.82) is 0 Å². The summed E-state index contributed by atoms with van der Waals surface area (Å²) < 4.78 is 0. The van der Waals surface area contributed by atoms with Crippen LogP contribution in [0.25, 0.3) is 0 Å². The molecule has 0 aromatic heterocycles. The molecule has 2 aliphatic carbocycles. The Balaban J connectivity index is 2.00. The molecule has 2 fully saturated rings. The Morgan fingerprint density at radius 1 is 1.05 bits per heavy atom. The van der Waals surface area contributed by atoms with E-state index in [2.05, 4.69) is 0 Å². The number of rotatable bonds is 5. The molecule has 2 saturated carbocycles. The number of carbonyl (C=O) groups is 1. The average molecular weight is 284 g/mol. The molecule has 20 heavy (non-hydrogen) atoms. The smallest absolute Gasteiger partial charge is 0.344 e. The van der Waals surface area contributed by atoms with Crippen LogP contribution in [0.1, 0.15) is 64.2 Å². The first-order valence-corrected chi connectivity index (χ1v) is 8.09. The molecular weight excluding hydrogens is 256 g/mol. The van der Waals surface area contributed by atoms with E-state index in [1.807, 2.05) is 5.06 Å². The summed E-state index contributed by atoms with van der Waals surface area (Å²) in [5.41, 5.74) is 5.57. The zero-order chi connectivity index (χ0) is 14.4. The molecule has 116 valence electrons. The lowest BCUT2D eigenvalue weighted by atomic mass is 9.90. The number of nitrogens with two attached hydrogens (primary N) is 1. The van der Waals surface area contributed by atoms with Gasteiger partial charge in [-0.25, -0.2) is 4.79 Å². The van der Waals surface area contributed by atoms with Crippen molar-refractivity contribution < 1.29 is 14.7 Å². The molecule has 0 aromatic carbocycles. The van der Waals surface area contributed by atoms with Crippen LogP contribution >= 0.6 is 0 Å². The topological polar surface area (TPSA) is 75.8 Å². The number of nitrogens with zero attached hydrogens (tertiary/aromatic N) is 1. The zero-order valence-corrected chi connectivity index (χ0v) is 12.3. The minimum Gasteiger partial charge on any atom is -0.394 e. The summed E-state index contributed by atoms with van der Waals surface area (Å²) in [5, 5.41) is 10.9. The second-order valence-corrected chi connectivity index (χ2v) is 6.14. The van der Waals surface area contributed by atoms with E-state index in [4.69, 9.17) is 15.7 Å². The van der Waals surface area contributed by atoms with Gasteiger partial charge < -0.3 is 15.7 Å². The lowest BCUT2D eigenvalue weighted by Gasteiger charge is -2.39. The van der Waals surface area contributed by atoms with Crippen LogP contribution in [0, 0.1) is 0 Å². The third-order valence-corrected chi connectivity index (χ3v) is 4.56. The van der Waals surface area contributed by atoms with E-state index in [0.717, 1.165) is 25.7 Å². The lowest BCUT2D eigenvalue weighted by molar-refractivity contribution is -0.224. The summed E-state index contributed by atoms with van der Waals surface area (Å²) in [6, 6.07) is -0.256. The molecule has 0 aliphatic heterocycles. The number of hydroxylamine groups is 2. The fourth-order valence-electron chi connectivity index (χ4n) is 3.36. The van der Waals surface area contributed by atoms with E-state index < -0.39 is 12.0 Å². The second kappa shape index (κ2) is 7.96. The normalized spacial score (nSPS) is 23.8. The third kappa shape index (κ3) is 4.17. The van der Waals surface area contributed by atoms with E-state index in [1.165, 1.54) is 38.5 Å². The van der Waals surface area contributed by atoms with Gasteiger partial charge in [0.15, 0.2) is 0 Å². The van der Waals surface area contributed by atoms with Gasteiger partial charge in [0.1, 0.15) is 6.04 Å². The molecule has 0 radical (unpaired) electrons. The van der Waals surface area contributed by atoms with Crippen molar-refractivity contribution >= 4 is 5.97 Å². The molecule has 1 atom stereocenters. The molecule has 5 nitrogen and oxygen atoms in total. The first-order valence-electron chi connectivity index (χ1n) is 8.09. The van der Waals surface area contributed by atoms with Gasteiger partial charge in [0.05, 0.1) is 6.61 Å². The van der Waals surface area contributed by atoms with Crippen molar-refractivity contribution in [2.24, 2.45) is 5.73 Å². The standard InChI is InChI=1S/C15H28N2O3/c16-14(11-18)15(19)20-17(12-7-3-1-4-8-12)13-9-5-2-6-10-13/h12-14,18H,1-11,16H2/t14-/m0/s1. The third-order valence-electron chi connectivity index (χ3n) is 4.56. The molecule has 0 heterocycles. The number of hydrogen-bond donors (Lipinski definition) is 2. The predicted molar refractivity (Wildman–Crippen MR) is 76.7 cm³/mol. The van der Waals surface area contributed by atoms with Crippen molar-refractivity contribution in [3.8, 4) is 0 Å². The van der Waals surface area contributed by atoms with E-state index in [0.29, 0.717) is 12.1 Å². The lowest BCUT2D eigenvalue weighted by Crippen LogP contribution is -2.49. The quantitative estimate of drug-likeness (QED) is 0.752. The first-order chi connectivity index (χ1) is 9.72. The van der Waals surface area contributed by atoms with Crippen molar-refractivity contribution in [2.75, 3.05) is 6.61 Å². The highest BCUT2D eigenvalue weighted by Gasteiger charge is 2.33. The fourth-order valence-corrected chi connectivity index (χ4v) is 3.36. The van der Waals surface area contributed by atoms with Crippen LogP contribution in [0.15, 0.2) is 0 Å². The number of aliphatic hydroxyl groups is 1. The average Bonchev–Trinajstić information content (AvgIpc) is 2.53. The van der Waals surface area contributed by atoms with Crippen molar-refractivity contribution in [2.45, 2.75) is 82.3 Å². The molecule has 0 bridgehead atoms. The predicted octanol–water partition coefficient (Wildman–Crippen LogP) is 1.73. The minimum absolute atomic E-state index is 0.335. The Labute approximate surface area is 121 Å². The monoisotopic (exact) mass is 284 g/mol. The molecule has 2 aliphatic rings. The summed E-state index contributed by atoms with van der Waals surface area (Å²) >= 11 is 0. The van der Waals surface area contributed by atoms with Crippen molar-refractivity contribution in [3.63, 3.8) is 0 Å². The SMILES string of the molecule is N[C@@H](CO)C(=O)ON(C1CCCCC1)C1CCCCC1. The van der Waals surface area contributed by atoms with Crippen molar-refractivity contribution in [3.05, 3.63) is 0 Å². The molecular formula is C15H28N2O3. The Bertz CT molecular complexity index is 281. The van der Waals surface area contributed by atoms with Crippen LogP contribution < -0.4 is 5.73 Å². The maximum atomic E-state index is 11.9. The van der Waals surface area contributed by atoms with Crippen LogP contribution in [-0.2, 0) is 9.63 Å². The van der Waals surface area contributed by atoms with Crippen LogP contribution in [0.2, 0.25) is 0 Å². The summed E-state index contributed by atoms with van der Waals surface area (Å²) in [6.07, 6.45) is 11.8. The summed E-state index contributed by atoms with van der Waals surface area (Å²) in [7, 11) is 0. The number of carbonyl (C=O) groups excluding carboxylic acids is 1. The van der Waals surface area contributed by atoms with Gasteiger partial charge in [0.2, 0.25) is 0 Å². The van der Waals surface area contributed by atoms with Crippen LogP contribution in [0.3, 0.4) is 0 Å². The molecule has 0 aromatic rings. The van der Waals surface area contributed by atoms with Gasteiger partial charge in [0.25, 0.3) is 0 Å². The number of aliphatic hydroxyl groups excluding tert-OH is 1. The molecule has 0 amide bonds. The second-order valence-electron chi connectivity index (χ2n) is 6.14. The largest absolute Gasteiger partial charge is 0.394 e. The van der Waals surface area contributed by atoms with E-state index in [1.54, 1.807) is 0 Å². The molecule has 5 heteroatoms. The Morgan fingerprint density at radius 3 is 1.90 bits per heavy atom. The molecule has 0 saturated heterocycles. The first kappa shape index (κ1) is 15.7. The van der Waals surface area contributed by atoms with Gasteiger partial charge in [-0.3, -0.25) is 0 Å². The maximum Gasteiger partial charge on any atom is 0.344 e. The summed E-state index contributed by atoms with van der Waals surface area (Å²) in [6.45, 7) is -0.359. The zero-order valence-electron chi connectivity index (χ0n) is 12.3. The fraction of sp³-hybridized carbons (Fsp3) is 0.933. The van der Waals surface area contributed by atoms with Crippen molar-refractivity contribution in [1.82, 2.24) is 5.06 Å². The highest BCUT2D eigenvalue weighted by molar-refractivity contribution is 5.75. The van der Waals surface area contributed by atoms with Crippen LogP contribution in [0.5, 0.6) is 0 Å². The van der Waals surface area contributed by atoms with E-state index in [9.17, 15) is 4.79 Å². The van der Waals surface area contributed by atoms with Crippen LogP contribution in [0.4, 0.5) is 0 Å². The van der Waals surface area contributed by atoms with Gasteiger partial charge in [-0.2, -0.15) is 0 Å². The summed E-state index contributed by atoms with van der Waals surface area (Å²) in [5.74, 6) is -0.497. The van der Waals surface area contributed by atoms with Gasteiger partial charge >= 0.3 is 5.97 Å². The van der Waals surface area contributed by atoms with E-state index in [-0.39, 0.29) is 6.61 Å². The molecule has 0 spiro atoms. The van der Waals surface area contributed by atoms with E-state index >= 15 is 0 Å². The summed E-state index contributed by atoms with van der Waals surface area (Å²) in [4.78, 5) is 17.5. The van der Waals surface area contributed by atoms with Crippen LogP contribution in [-0.4, -0.2) is 40.9 Å². The highest BCUT2D eigenvalue weighted by Crippen LogP contribution is 2.30. The molecule has 3 N–H and O–H groups in total. The Kier molecular flexibility index (Phi) is 6.26. The van der Waals surface area contributed by atoms with Gasteiger partial charge in [-0.05, 0) is 25.7 Å². The van der Waals surface area contributed by atoms with Gasteiger partial charge in [-0.15, -0.1) is 5.06 Å². The maximum absolute atomic E-state index is 11.9. The minimum atomic E-state index is -0.926. The van der Waals surface area contributed by atoms with Gasteiger partial charge in [0, 0.05) is 12.1 Å². The molecule has 2 rings (SSSR count). The Hall–Kier alpha value is -0.650. The highest BCUT2D eigenvalue weighted by atomic mass is 16.7.